The molecule has 94 valence electrons. The molecule has 0 spiro atoms. The van der Waals surface area contributed by atoms with Crippen molar-refractivity contribution in [2.75, 3.05) is 0 Å². The van der Waals surface area contributed by atoms with E-state index in [-0.39, 0.29) is 0 Å². The van der Waals surface area contributed by atoms with Crippen molar-refractivity contribution in [1.82, 2.24) is 0 Å². The lowest BCUT2D eigenvalue weighted by Gasteiger charge is -2.30. The van der Waals surface area contributed by atoms with E-state index in [1.807, 2.05) is 0 Å². The van der Waals surface area contributed by atoms with Gasteiger partial charge in [0.1, 0.15) is 0 Å². The first-order valence-electron chi connectivity index (χ1n) is 7.21. The maximum atomic E-state index is 2.45. The smallest absolute Gasteiger partial charge is 0.00851 e. The van der Waals surface area contributed by atoms with Crippen LogP contribution in [-0.2, 0) is 6.42 Å². The van der Waals surface area contributed by atoms with E-state index in [1.165, 1.54) is 35.1 Å². The molecule has 0 aliphatic heterocycles. The number of rotatable bonds is 0. The predicted molar refractivity (Wildman–Crippen MR) is 80.8 cm³/mol. The molecule has 0 fully saturated rings. The molecule has 0 saturated heterocycles. The van der Waals surface area contributed by atoms with E-state index in [0.29, 0.717) is 0 Å². The zero-order chi connectivity index (χ0) is 12.8. The molecule has 0 radical (unpaired) electrons. The van der Waals surface area contributed by atoms with E-state index < -0.39 is 0 Å². The van der Waals surface area contributed by atoms with Gasteiger partial charge in [-0.25, -0.2) is 0 Å². The van der Waals surface area contributed by atoms with Gasteiger partial charge in [-0.2, -0.15) is 0 Å². The second-order valence-corrected chi connectivity index (χ2v) is 5.76. The maximum absolute atomic E-state index is 2.45. The molecule has 0 N–H and O–H groups in total. The molecule has 0 unspecified atom stereocenters. The van der Waals surface area contributed by atoms with Crippen LogP contribution in [0.15, 0.2) is 64.8 Å². The lowest BCUT2D eigenvalue weighted by Crippen LogP contribution is -2.12. The van der Waals surface area contributed by atoms with Crippen LogP contribution in [0.4, 0.5) is 0 Å². The highest BCUT2D eigenvalue weighted by Gasteiger charge is 2.25. The number of benzene rings is 1. The first-order valence-corrected chi connectivity index (χ1v) is 7.21. The molecule has 0 atom stereocenters. The van der Waals surface area contributed by atoms with Crippen LogP contribution in [0.3, 0.4) is 0 Å². The Labute approximate surface area is 114 Å². The van der Waals surface area contributed by atoms with Gasteiger partial charge in [0.25, 0.3) is 0 Å². The fourth-order valence-electron chi connectivity index (χ4n) is 3.63. The van der Waals surface area contributed by atoms with Crippen molar-refractivity contribution in [3.8, 4) is 0 Å². The quantitative estimate of drug-likeness (QED) is 0.604. The van der Waals surface area contributed by atoms with Gasteiger partial charge in [-0.1, -0.05) is 48.1 Å². The zero-order valence-corrected chi connectivity index (χ0v) is 11.4. The summed E-state index contributed by atoms with van der Waals surface area (Å²) in [5.41, 5.74) is 10.7. The van der Waals surface area contributed by atoms with Gasteiger partial charge in [-0.3, -0.25) is 0 Å². The Morgan fingerprint density at radius 3 is 2.74 bits per heavy atom. The van der Waals surface area contributed by atoms with Crippen LogP contribution < -0.4 is 0 Å². The summed E-state index contributed by atoms with van der Waals surface area (Å²) in [6.45, 7) is 2.21. The molecule has 0 aromatic heterocycles. The first-order chi connectivity index (χ1) is 9.33. The molecular formula is C19H18. The minimum Gasteiger partial charge on any atom is -0.0772 e. The normalized spacial score (nSPS) is 20.8. The number of hydrogen-bond acceptors (Lipinski definition) is 0. The van der Waals surface area contributed by atoms with Gasteiger partial charge < -0.3 is 0 Å². The number of allylic oxidation sites excluding steroid dienone is 8. The van der Waals surface area contributed by atoms with Crippen molar-refractivity contribution in [2.45, 2.75) is 32.6 Å². The molecule has 1 aromatic carbocycles. The van der Waals surface area contributed by atoms with Gasteiger partial charge in [0, 0.05) is 0 Å². The second-order valence-electron chi connectivity index (χ2n) is 5.76. The van der Waals surface area contributed by atoms with Crippen molar-refractivity contribution in [3.05, 3.63) is 75.9 Å². The van der Waals surface area contributed by atoms with Crippen molar-refractivity contribution in [1.29, 1.82) is 0 Å². The van der Waals surface area contributed by atoms with Gasteiger partial charge in [-0.05, 0) is 66.0 Å². The molecule has 0 nitrogen and oxygen atoms in total. The van der Waals surface area contributed by atoms with Crippen LogP contribution in [0.25, 0.3) is 5.57 Å². The van der Waals surface area contributed by atoms with Crippen molar-refractivity contribution < 1.29 is 0 Å². The molecule has 0 bridgehead atoms. The van der Waals surface area contributed by atoms with E-state index in [0.717, 1.165) is 12.8 Å². The monoisotopic (exact) mass is 246 g/mol. The molecule has 1 aromatic rings. The van der Waals surface area contributed by atoms with Crippen LogP contribution in [0, 0.1) is 0 Å². The summed E-state index contributed by atoms with van der Waals surface area (Å²) < 4.78 is 0. The Hall–Kier alpha value is -1.82. The Morgan fingerprint density at radius 1 is 0.895 bits per heavy atom. The van der Waals surface area contributed by atoms with Crippen molar-refractivity contribution in [3.63, 3.8) is 0 Å². The van der Waals surface area contributed by atoms with Gasteiger partial charge >= 0.3 is 0 Å². The Kier molecular flexibility index (Phi) is 2.38. The summed E-state index contributed by atoms with van der Waals surface area (Å²) in [5.74, 6) is 0. The number of fused-ring (bicyclic) bond motifs is 4. The molecule has 3 aliphatic carbocycles. The Morgan fingerprint density at radius 2 is 1.79 bits per heavy atom. The molecule has 0 heteroatoms. The summed E-state index contributed by atoms with van der Waals surface area (Å²) in [5, 5.41) is 0. The molecule has 3 aliphatic rings. The number of hydrogen-bond donors (Lipinski definition) is 0. The van der Waals surface area contributed by atoms with Gasteiger partial charge in [-0.15, -0.1) is 0 Å². The third kappa shape index (κ3) is 1.67. The van der Waals surface area contributed by atoms with Gasteiger partial charge in [0.05, 0.1) is 0 Å². The average Bonchev–Trinajstić information content (AvgIpc) is 2.46. The molecular weight excluding hydrogens is 228 g/mol. The predicted octanol–water partition coefficient (Wildman–Crippen LogP) is 4.99. The fraction of sp³-hybridized carbons (Fsp3) is 0.263. The minimum atomic E-state index is 1.10. The van der Waals surface area contributed by atoms with Crippen LogP contribution in [-0.4, -0.2) is 0 Å². The topological polar surface area (TPSA) is 0 Å². The van der Waals surface area contributed by atoms with Crippen molar-refractivity contribution in [2.24, 2.45) is 0 Å². The van der Waals surface area contributed by atoms with Crippen LogP contribution >= 0.6 is 0 Å². The second kappa shape index (κ2) is 4.09. The van der Waals surface area contributed by atoms with E-state index >= 15 is 0 Å². The van der Waals surface area contributed by atoms with Crippen LogP contribution in [0.1, 0.15) is 37.3 Å². The highest BCUT2D eigenvalue weighted by molar-refractivity contribution is 5.86. The third-order valence-corrected chi connectivity index (χ3v) is 4.59. The largest absolute Gasteiger partial charge is 0.0772 e. The lowest BCUT2D eigenvalue weighted by molar-refractivity contribution is 0.897. The molecule has 4 rings (SSSR count). The molecule has 0 heterocycles. The fourth-order valence-corrected chi connectivity index (χ4v) is 3.63. The molecule has 19 heavy (non-hydrogen) atoms. The third-order valence-electron chi connectivity index (χ3n) is 4.59. The van der Waals surface area contributed by atoms with E-state index in [1.54, 1.807) is 16.7 Å². The van der Waals surface area contributed by atoms with Crippen molar-refractivity contribution >= 4 is 5.57 Å². The summed E-state index contributed by atoms with van der Waals surface area (Å²) in [7, 11) is 0. The summed E-state index contributed by atoms with van der Waals surface area (Å²) in [6.07, 6.45) is 11.8. The SMILES string of the molecule is CC1=CCC2=C3CCc4ccccc4C3=CCC2=C1. The first kappa shape index (κ1) is 11.0. The van der Waals surface area contributed by atoms with Gasteiger partial charge in [0.2, 0.25) is 0 Å². The highest BCUT2D eigenvalue weighted by atomic mass is 14.3. The van der Waals surface area contributed by atoms with Crippen LogP contribution in [0.2, 0.25) is 0 Å². The minimum absolute atomic E-state index is 1.10. The van der Waals surface area contributed by atoms with Crippen LogP contribution in [0.5, 0.6) is 0 Å². The van der Waals surface area contributed by atoms with Gasteiger partial charge in [0.15, 0.2) is 0 Å². The summed E-state index contributed by atoms with van der Waals surface area (Å²) in [6, 6.07) is 8.91. The average molecular weight is 246 g/mol. The standard InChI is InChI=1S/C19H18/c1-13-6-9-17-15(12-13)8-11-18-16-5-3-2-4-14(16)7-10-19(17)18/h2-6,11-12H,7-10H2,1H3. The highest BCUT2D eigenvalue weighted by Crippen LogP contribution is 2.44. The Balaban J connectivity index is 1.87. The Bertz CT molecular complexity index is 678. The zero-order valence-electron chi connectivity index (χ0n) is 11.4. The lowest BCUT2D eigenvalue weighted by atomic mass is 9.74. The summed E-state index contributed by atoms with van der Waals surface area (Å²) in [4.78, 5) is 0. The maximum Gasteiger partial charge on any atom is -0.00851 e. The van der Waals surface area contributed by atoms with E-state index in [2.05, 4.69) is 49.4 Å². The molecule has 0 amide bonds. The van der Waals surface area contributed by atoms with E-state index in [9.17, 15) is 0 Å². The van der Waals surface area contributed by atoms with E-state index in [4.69, 9.17) is 0 Å². The summed E-state index contributed by atoms with van der Waals surface area (Å²) >= 11 is 0. The molecule has 0 saturated carbocycles. The number of aryl methyl sites for hydroxylation is 1.